The Morgan fingerprint density at radius 2 is 2.00 bits per heavy atom. The van der Waals surface area contributed by atoms with E-state index in [9.17, 15) is 9.59 Å². The van der Waals surface area contributed by atoms with E-state index in [2.05, 4.69) is 19.2 Å². The highest BCUT2D eigenvalue weighted by Crippen LogP contribution is 2.19. The Morgan fingerprint density at radius 3 is 2.56 bits per heavy atom. The molecule has 1 fully saturated rings. The smallest absolute Gasteiger partial charge is 0.247 e. The predicted octanol–water partition coefficient (Wildman–Crippen LogP) is 1.94. The van der Waals surface area contributed by atoms with Crippen molar-refractivity contribution in [3.8, 4) is 0 Å². The lowest BCUT2D eigenvalue weighted by Gasteiger charge is -2.32. The van der Waals surface area contributed by atoms with Crippen LogP contribution in [-0.2, 0) is 9.59 Å². The summed E-state index contributed by atoms with van der Waals surface area (Å²) in [4.78, 5) is 26.0. The number of hydrogen-bond acceptors (Lipinski definition) is 2. The van der Waals surface area contributed by atoms with Gasteiger partial charge < -0.3 is 10.2 Å². The third kappa shape index (κ3) is 3.72. The van der Waals surface area contributed by atoms with Crippen LogP contribution in [0.4, 0.5) is 0 Å². The summed E-state index contributed by atoms with van der Waals surface area (Å²) < 4.78 is 0. The lowest BCUT2D eigenvalue weighted by Crippen LogP contribution is -2.53. The highest BCUT2D eigenvalue weighted by Gasteiger charge is 2.39. The molecule has 104 valence electrons. The third-order valence-electron chi connectivity index (χ3n) is 3.44. The van der Waals surface area contributed by atoms with E-state index in [4.69, 9.17) is 0 Å². The van der Waals surface area contributed by atoms with Gasteiger partial charge in [-0.25, -0.2) is 0 Å². The van der Waals surface area contributed by atoms with Gasteiger partial charge in [-0.05, 0) is 39.5 Å². The molecule has 0 spiro atoms. The molecule has 1 saturated heterocycles. The van der Waals surface area contributed by atoms with E-state index in [1.807, 2.05) is 11.8 Å². The number of rotatable bonds is 4. The van der Waals surface area contributed by atoms with Crippen molar-refractivity contribution in [2.24, 2.45) is 5.92 Å². The molecule has 0 bridgehead atoms. The number of nitrogens with zero attached hydrogens (tertiary/aromatic N) is 1. The molecule has 0 radical (unpaired) electrons. The summed E-state index contributed by atoms with van der Waals surface area (Å²) in [6.07, 6.45) is 2.51. The first-order valence-corrected chi connectivity index (χ1v) is 6.86. The summed E-state index contributed by atoms with van der Waals surface area (Å²) in [7, 11) is 0. The van der Waals surface area contributed by atoms with Crippen LogP contribution < -0.4 is 5.32 Å². The number of nitrogens with one attached hydrogen (secondary N) is 1. The molecule has 1 heterocycles. The van der Waals surface area contributed by atoms with Crippen LogP contribution in [0.1, 0.15) is 53.9 Å². The largest absolute Gasteiger partial charge is 0.342 e. The van der Waals surface area contributed by atoms with Crippen molar-refractivity contribution in [2.45, 2.75) is 65.5 Å². The van der Waals surface area contributed by atoms with Crippen LogP contribution >= 0.6 is 0 Å². The van der Waals surface area contributed by atoms with E-state index in [0.29, 0.717) is 12.3 Å². The minimum atomic E-state index is -0.778. The van der Waals surface area contributed by atoms with Gasteiger partial charge in [0.25, 0.3) is 0 Å². The molecule has 1 atom stereocenters. The van der Waals surface area contributed by atoms with Gasteiger partial charge in [0.2, 0.25) is 11.8 Å². The van der Waals surface area contributed by atoms with E-state index >= 15 is 0 Å². The van der Waals surface area contributed by atoms with Gasteiger partial charge >= 0.3 is 0 Å². The molecule has 0 aromatic heterocycles. The van der Waals surface area contributed by atoms with E-state index in [0.717, 1.165) is 19.4 Å². The Bertz CT molecular complexity index is 324. The SMILES string of the molecule is CC(C)CCCN1C(=O)C(C)(C)NC(=O)CC1C. The molecular formula is C14H26N2O2. The van der Waals surface area contributed by atoms with E-state index in [-0.39, 0.29) is 17.9 Å². The minimum absolute atomic E-state index is 0.00793. The predicted molar refractivity (Wildman–Crippen MR) is 72.1 cm³/mol. The van der Waals surface area contributed by atoms with Gasteiger partial charge in [-0.3, -0.25) is 9.59 Å². The lowest BCUT2D eigenvalue weighted by atomic mass is 10.0. The quantitative estimate of drug-likeness (QED) is 0.833. The number of carbonyl (C=O) groups excluding carboxylic acids is 2. The second-order valence-electron chi connectivity index (χ2n) is 6.26. The van der Waals surface area contributed by atoms with Crippen LogP contribution in [0.2, 0.25) is 0 Å². The van der Waals surface area contributed by atoms with Crippen LogP contribution in [0.15, 0.2) is 0 Å². The zero-order valence-corrected chi connectivity index (χ0v) is 12.2. The molecule has 1 unspecified atom stereocenters. The van der Waals surface area contributed by atoms with Crippen molar-refractivity contribution in [2.75, 3.05) is 6.54 Å². The van der Waals surface area contributed by atoms with Crippen molar-refractivity contribution in [3.63, 3.8) is 0 Å². The van der Waals surface area contributed by atoms with Gasteiger partial charge in [0, 0.05) is 19.0 Å². The van der Waals surface area contributed by atoms with Gasteiger partial charge in [-0.2, -0.15) is 0 Å². The standard InChI is InChI=1S/C14H26N2O2/c1-10(2)7-6-8-16-11(3)9-12(17)15-14(4,5)13(16)18/h10-11H,6-9H2,1-5H3,(H,15,17). The summed E-state index contributed by atoms with van der Waals surface area (Å²) in [6.45, 7) is 10.6. The average Bonchev–Trinajstić information content (AvgIpc) is 2.27. The molecule has 0 aromatic carbocycles. The fourth-order valence-electron chi connectivity index (χ4n) is 2.38. The number of hydrogen-bond donors (Lipinski definition) is 1. The molecule has 4 heteroatoms. The van der Waals surface area contributed by atoms with Gasteiger partial charge in [0.1, 0.15) is 5.54 Å². The fourth-order valence-corrected chi connectivity index (χ4v) is 2.38. The summed E-state index contributed by atoms with van der Waals surface area (Å²) >= 11 is 0. The summed E-state index contributed by atoms with van der Waals surface area (Å²) in [5.74, 6) is 0.645. The monoisotopic (exact) mass is 254 g/mol. The highest BCUT2D eigenvalue weighted by molar-refractivity contribution is 5.93. The first kappa shape index (κ1) is 15.0. The van der Waals surface area contributed by atoms with Crippen LogP contribution in [0.25, 0.3) is 0 Å². The Balaban J connectivity index is 2.73. The zero-order chi connectivity index (χ0) is 13.9. The molecule has 2 amide bonds. The maximum absolute atomic E-state index is 12.4. The van der Waals surface area contributed by atoms with Gasteiger partial charge in [-0.1, -0.05) is 13.8 Å². The first-order chi connectivity index (χ1) is 8.24. The van der Waals surface area contributed by atoms with E-state index in [1.54, 1.807) is 13.8 Å². The maximum Gasteiger partial charge on any atom is 0.247 e. The molecule has 1 rings (SSSR count). The molecule has 1 N–H and O–H groups in total. The van der Waals surface area contributed by atoms with Gasteiger partial charge in [0.05, 0.1) is 0 Å². The van der Waals surface area contributed by atoms with Crippen LogP contribution in [0.5, 0.6) is 0 Å². The number of carbonyl (C=O) groups is 2. The summed E-state index contributed by atoms with van der Waals surface area (Å²) in [5, 5.41) is 2.80. The minimum Gasteiger partial charge on any atom is -0.342 e. The van der Waals surface area contributed by atoms with Crippen molar-refractivity contribution >= 4 is 11.8 Å². The molecule has 1 aliphatic rings. The Labute approximate surface area is 110 Å². The van der Waals surface area contributed by atoms with Crippen molar-refractivity contribution < 1.29 is 9.59 Å². The normalized spacial score (nSPS) is 24.1. The third-order valence-corrected chi connectivity index (χ3v) is 3.44. The van der Waals surface area contributed by atoms with Crippen molar-refractivity contribution in [1.29, 1.82) is 0 Å². The van der Waals surface area contributed by atoms with Crippen LogP contribution in [-0.4, -0.2) is 34.8 Å². The van der Waals surface area contributed by atoms with E-state index in [1.165, 1.54) is 0 Å². The first-order valence-electron chi connectivity index (χ1n) is 6.86. The summed E-state index contributed by atoms with van der Waals surface area (Å²) in [5.41, 5.74) is -0.778. The van der Waals surface area contributed by atoms with Gasteiger partial charge in [0.15, 0.2) is 0 Å². The Hall–Kier alpha value is -1.06. The molecule has 1 aliphatic heterocycles. The second-order valence-corrected chi connectivity index (χ2v) is 6.26. The molecule has 0 aliphatic carbocycles. The molecule has 0 saturated carbocycles. The molecule has 18 heavy (non-hydrogen) atoms. The van der Waals surface area contributed by atoms with Crippen molar-refractivity contribution in [3.05, 3.63) is 0 Å². The van der Waals surface area contributed by atoms with Crippen LogP contribution in [0.3, 0.4) is 0 Å². The molecule has 0 aromatic rings. The maximum atomic E-state index is 12.4. The van der Waals surface area contributed by atoms with E-state index < -0.39 is 5.54 Å². The molecular weight excluding hydrogens is 228 g/mol. The Morgan fingerprint density at radius 1 is 1.39 bits per heavy atom. The number of amides is 2. The highest BCUT2D eigenvalue weighted by atomic mass is 16.2. The zero-order valence-electron chi connectivity index (χ0n) is 12.2. The topological polar surface area (TPSA) is 49.4 Å². The lowest BCUT2D eigenvalue weighted by molar-refractivity contribution is -0.138. The fraction of sp³-hybridized carbons (Fsp3) is 0.857. The Kier molecular flexibility index (Phi) is 4.77. The van der Waals surface area contributed by atoms with Crippen LogP contribution in [0, 0.1) is 5.92 Å². The second kappa shape index (κ2) is 5.72. The average molecular weight is 254 g/mol. The van der Waals surface area contributed by atoms with Gasteiger partial charge in [-0.15, -0.1) is 0 Å². The van der Waals surface area contributed by atoms with Crippen molar-refractivity contribution in [1.82, 2.24) is 10.2 Å². The summed E-state index contributed by atoms with van der Waals surface area (Å²) in [6, 6.07) is -0.00793. The molecule has 4 nitrogen and oxygen atoms in total.